The molecule has 45 heavy (non-hydrogen) atoms. The molecule has 0 radical (unpaired) electrons. The van der Waals surface area contributed by atoms with E-state index in [4.69, 9.17) is 14.5 Å². The first-order valence-electron chi connectivity index (χ1n) is 14.2. The van der Waals surface area contributed by atoms with Crippen LogP contribution in [-0.2, 0) is 16.3 Å². The average Bonchev–Trinajstić information content (AvgIpc) is 3.66. The Morgan fingerprint density at radius 1 is 0.889 bits per heavy atom. The van der Waals surface area contributed by atoms with Crippen molar-refractivity contribution in [3.8, 4) is 11.5 Å². The topological polar surface area (TPSA) is 94.6 Å². The van der Waals surface area contributed by atoms with Gasteiger partial charge in [-0.05, 0) is 89.2 Å². The van der Waals surface area contributed by atoms with Gasteiger partial charge in [0.1, 0.15) is 0 Å². The molecule has 1 aliphatic carbocycles. The number of carbonyl (C=O) groups excluding carboxylic acids is 1. The lowest BCUT2D eigenvalue weighted by Gasteiger charge is -2.22. The minimum absolute atomic E-state index is 0.0374. The van der Waals surface area contributed by atoms with Gasteiger partial charge in [-0.15, -0.1) is 0 Å². The van der Waals surface area contributed by atoms with Crippen LogP contribution in [0, 0.1) is 11.6 Å². The monoisotopic (exact) mass is 624 g/mol. The van der Waals surface area contributed by atoms with Crippen molar-refractivity contribution in [1.29, 1.82) is 0 Å². The summed E-state index contributed by atoms with van der Waals surface area (Å²) in [5, 5.41) is 3.65. The third-order valence-electron chi connectivity index (χ3n) is 8.08. The molecule has 0 saturated heterocycles. The number of benzene rings is 4. The Morgan fingerprint density at radius 2 is 1.69 bits per heavy atom. The van der Waals surface area contributed by atoms with Crippen LogP contribution in [0.25, 0.3) is 22.6 Å². The number of nitrogens with one attached hydrogen (secondary N) is 1. The van der Waals surface area contributed by atoms with Crippen LogP contribution in [0.4, 0.5) is 8.78 Å². The number of aromatic nitrogens is 1. The molecule has 0 fully saturated rings. The van der Waals surface area contributed by atoms with Gasteiger partial charge in [-0.2, -0.15) is 0 Å². The van der Waals surface area contributed by atoms with E-state index in [0.717, 1.165) is 35.1 Å². The lowest BCUT2D eigenvalue weighted by atomic mass is 9.96. The van der Waals surface area contributed by atoms with Gasteiger partial charge in [0.25, 0.3) is 5.91 Å². The zero-order chi connectivity index (χ0) is 31.3. The summed E-state index contributed by atoms with van der Waals surface area (Å²) in [6.07, 6.45) is 4.32. The molecule has 1 N–H and O–H groups in total. The summed E-state index contributed by atoms with van der Waals surface area (Å²) in [7, 11) is -3.58. The van der Waals surface area contributed by atoms with Gasteiger partial charge in [-0.25, -0.2) is 22.2 Å². The second kappa shape index (κ2) is 11.1. The number of pyridine rings is 1. The number of carbonyl (C=O) groups is 1. The summed E-state index contributed by atoms with van der Waals surface area (Å²) in [6, 6.07) is 21.5. The zero-order valence-corrected chi connectivity index (χ0v) is 24.8. The maximum Gasteiger partial charge on any atom is 0.253 e. The Bertz CT molecular complexity index is 2160. The Morgan fingerprint density at radius 3 is 2.51 bits per heavy atom. The van der Waals surface area contributed by atoms with Crippen molar-refractivity contribution in [2.75, 3.05) is 13.0 Å². The largest absolute Gasteiger partial charge is 0.454 e. The lowest BCUT2D eigenvalue weighted by molar-refractivity contribution is 0.0943. The third-order valence-corrected chi connectivity index (χ3v) is 9.19. The Kier molecular flexibility index (Phi) is 7.08. The summed E-state index contributed by atoms with van der Waals surface area (Å²) in [5.41, 5.74) is 5.06. The quantitative estimate of drug-likeness (QED) is 0.227. The number of hydrogen-bond acceptors (Lipinski definition) is 6. The van der Waals surface area contributed by atoms with E-state index in [9.17, 15) is 22.0 Å². The Hall–Kier alpha value is -5.09. The van der Waals surface area contributed by atoms with Crippen LogP contribution in [-0.4, -0.2) is 32.4 Å². The second-order valence-corrected chi connectivity index (χ2v) is 13.1. The van der Waals surface area contributed by atoms with E-state index in [2.05, 4.69) is 5.32 Å². The van der Waals surface area contributed by atoms with Crippen LogP contribution in [0.3, 0.4) is 0 Å². The number of halogens is 2. The van der Waals surface area contributed by atoms with Crippen LogP contribution >= 0.6 is 0 Å². The minimum atomic E-state index is -3.58. The van der Waals surface area contributed by atoms with Crippen molar-refractivity contribution >= 4 is 38.3 Å². The van der Waals surface area contributed by atoms with E-state index in [1.807, 2.05) is 48.5 Å². The van der Waals surface area contributed by atoms with E-state index < -0.39 is 33.4 Å². The molecule has 1 amide bonds. The van der Waals surface area contributed by atoms with Crippen LogP contribution in [0.15, 0.2) is 89.8 Å². The van der Waals surface area contributed by atoms with E-state index in [1.54, 1.807) is 12.1 Å². The highest BCUT2D eigenvalue weighted by molar-refractivity contribution is 7.90. The molecule has 2 aliphatic rings. The first-order chi connectivity index (χ1) is 21.7. The highest BCUT2D eigenvalue weighted by Gasteiger charge is 2.29. The summed E-state index contributed by atoms with van der Waals surface area (Å²) < 4.78 is 64.1. The summed E-state index contributed by atoms with van der Waals surface area (Å²) in [6.45, 7) is 0.175. The van der Waals surface area contributed by atoms with Gasteiger partial charge in [0.2, 0.25) is 6.79 Å². The molecule has 1 aliphatic heterocycles. The molecule has 0 bridgehead atoms. The molecule has 1 unspecified atom stereocenters. The van der Waals surface area contributed by atoms with Crippen LogP contribution < -0.4 is 14.8 Å². The summed E-state index contributed by atoms with van der Waals surface area (Å²) in [4.78, 5) is 19.3. The summed E-state index contributed by atoms with van der Waals surface area (Å²) in [5.74, 6) is -1.22. The van der Waals surface area contributed by atoms with Gasteiger partial charge in [0, 0.05) is 11.6 Å². The van der Waals surface area contributed by atoms with Crippen molar-refractivity contribution in [3.63, 3.8) is 0 Å². The number of sulfone groups is 1. The third kappa shape index (κ3) is 5.42. The Balaban J connectivity index is 1.33. The Labute approximate surface area is 258 Å². The number of fused-ring (bicyclic) bond motifs is 3. The maximum absolute atomic E-state index is 14.5. The van der Waals surface area contributed by atoms with E-state index >= 15 is 0 Å². The molecule has 7 nitrogen and oxygen atoms in total. The predicted molar refractivity (Wildman–Crippen MR) is 166 cm³/mol. The van der Waals surface area contributed by atoms with Gasteiger partial charge in [0.05, 0.1) is 27.7 Å². The smallest absolute Gasteiger partial charge is 0.253 e. The average molecular weight is 625 g/mol. The van der Waals surface area contributed by atoms with Crippen molar-refractivity contribution in [3.05, 3.63) is 130 Å². The van der Waals surface area contributed by atoms with Gasteiger partial charge in [-0.1, -0.05) is 42.5 Å². The SMILES string of the molecule is CS(=O)(=O)c1cccc(C(NC(=O)c2c3c(nc4ccccc24)/C(=C\c2ccc4c(c2)OCO4)CC3)c2ccc(F)c(F)c2)c1. The second-order valence-electron chi connectivity index (χ2n) is 11.0. The number of rotatable bonds is 6. The molecule has 0 saturated carbocycles. The molecule has 5 aromatic rings. The minimum Gasteiger partial charge on any atom is -0.454 e. The molecule has 226 valence electrons. The first kappa shape index (κ1) is 28.7. The van der Waals surface area contributed by atoms with Gasteiger partial charge >= 0.3 is 0 Å². The highest BCUT2D eigenvalue weighted by Crippen LogP contribution is 2.39. The van der Waals surface area contributed by atoms with E-state index in [0.29, 0.717) is 52.1 Å². The molecule has 2 heterocycles. The molecule has 10 heteroatoms. The molecular formula is C35H26F2N2O5S. The van der Waals surface area contributed by atoms with Crippen LogP contribution in [0.1, 0.15) is 50.8 Å². The molecular weight excluding hydrogens is 598 g/mol. The summed E-state index contributed by atoms with van der Waals surface area (Å²) >= 11 is 0. The standard InChI is InChI=1S/C35H26F2N2O5S/c1-45(41,42)24-6-4-5-21(17-24)33(23-11-13-27(36)28(37)18-23)39-35(40)32-25-7-2-3-8-29(25)38-34-22(10-12-26(32)34)15-20-9-14-30-31(16-20)44-19-43-30/h2-9,11,13-18,33H,10,12,19H2,1H3,(H,39,40)/b22-15-. The molecule has 1 aromatic heterocycles. The first-order valence-corrected chi connectivity index (χ1v) is 16.1. The number of nitrogens with zero attached hydrogens (tertiary/aromatic N) is 1. The van der Waals surface area contributed by atoms with Crippen LogP contribution in [0.2, 0.25) is 0 Å². The number of para-hydroxylation sites is 1. The molecule has 1 atom stereocenters. The predicted octanol–water partition coefficient (Wildman–Crippen LogP) is 6.65. The van der Waals surface area contributed by atoms with Gasteiger partial charge in [-0.3, -0.25) is 4.79 Å². The zero-order valence-electron chi connectivity index (χ0n) is 24.0. The number of ether oxygens (including phenoxy) is 2. The fourth-order valence-electron chi connectivity index (χ4n) is 5.92. The van der Waals surface area contributed by atoms with Crippen molar-refractivity contribution in [2.24, 2.45) is 0 Å². The molecule has 7 rings (SSSR count). The van der Waals surface area contributed by atoms with Crippen molar-refractivity contribution < 1.29 is 31.5 Å². The number of hydrogen-bond donors (Lipinski definition) is 1. The van der Waals surface area contributed by atoms with Crippen molar-refractivity contribution in [1.82, 2.24) is 10.3 Å². The van der Waals surface area contributed by atoms with Crippen molar-refractivity contribution in [2.45, 2.75) is 23.8 Å². The molecule has 0 spiro atoms. The number of allylic oxidation sites excluding steroid dienone is 1. The molecule has 4 aromatic carbocycles. The van der Waals surface area contributed by atoms with Gasteiger partial charge in [0.15, 0.2) is 33.0 Å². The highest BCUT2D eigenvalue weighted by atomic mass is 32.2. The fourth-order valence-corrected chi connectivity index (χ4v) is 6.60. The fraction of sp³-hybridized carbons (Fsp3) is 0.143. The van der Waals surface area contributed by atoms with E-state index in [1.165, 1.54) is 18.2 Å². The normalized spacial score (nSPS) is 15.3. The lowest BCUT2D eigenvalue weighted by Crippen LogP contribution is -2.30. The van der Waals surface area contributed by atoms with E-state index in [-0.39, 0.29) is 17.3 Å². The maximum atomic E-state index is 14.5. The van der Waals surface area contributed by atoms with Crippen LogP contribution in [0.5, 0.6) is 11.5 Å². The number of amides is 1. The van der Waals surface area contributed by atoms with Gasteiger partial charge < -0.3 is 14.8 Å².